The fourth-order valence-electron chi connectivity index (χ4n) is 4.06. The maximum Gasteiger partial charge on any atom is 0.340 e. The number of cyclic esters (lactones) is 1. The SMILES string of the molecule is COc1c(C/C=C(\C)CCC(=O)O)cc2c(c1C)C(NC1=CCC(C(=O)CF)C=C1)OC2=O. The van der Waals surface area contributed by atoms with E-state index in [0.29, 0.717) is 41.8 Å². The number of carboxylic acid groups (broad SMARTS) is 1. The van der Waals surface area contributed by atoms with E-state index in [1.165, 1.54) is 0 Å². The molecule has 1 aromatic rings. The van der Waals surface area contributed by atoms with Crippen molar-refractivity contribution in [2.24, 2.45) is 5.92 Å². The number of carboxylic acids is 1. The third-order valence-corrected chi connectivity index (χ3v) is 5.90. The summed E-state index contributed by atoms with van der Waals surface area (Å²) in [5.41, 5.74) is 4.34. The van der Waals surface area contributed by atoms with Crippen LogP contribution >= 0.6 is 0 Å². The van der Waals surface area contributed by atoms with Crippen LogP contribution in [0, 0.1) is 12.8 Å². The third-order valence-electron chi connectivity index (χ3n) is 5.90. The van der Waals surface area contributed by atoms with Crippen molar-refractivity contribution in [2.75, 3.05) is 13.8 Å². The molecule has 0 amide bonds. The van der Waals surface area contributed by atoms with Crippen molar-refractivity contribution < 1.29 is 33.4 Å². The molecule has 1 heterocycles. The number of benzene rings is 1. The average molecular weight is 457 g/mol. The van der Waals surface area contributed by atoms with Crippen molar-refractivity contribution in [1.82, 2.24) is 5.32 Å². The number of hydrogen-bond donors (Lipinski definition) is 2. The fraction of sp³-hybridized carbons (Fsp3) is 0.400. The Morgan fingerprint density at radius 2 is 2.12 bits per heavy atom. The molecule has 0 fully saturated rings. The Hall–Kier alpha value is -3.42. The van der Waals surface area contributed by atoms with Gasteiger partial charge in [0.25, 0.3) is 0 Å². The minimum absolute atomic E-state index is 0.0648. The van der Waals surface area contributed by atoms with Gasteiger partial charge in [-0.25, -0.2) is 9.18 Å². The second kappa shape index (κ2) is 10.5. The highest BCUT2D eigenvalue weighted by Crippen LogP contribution is 2.39. The van der Waals surface area contributed by atoms with Crippen molar-refractivity contribution in [3.8, 4) is 5.75 Å². The van der Waals surface area contributed by atoms with Crippen LogP contribution in [0.2, 0.25) is 0 Å². The van der Waals surface area contributed by atoms with Gasteiger partial charge in [0.1, 0.15) is 12.4 Å². The molecule has 0 saturated carbocycles. The summed E-state index contributed by atoms with van der Waals surface area (Å²) < 4.78 is 23.8. The molecule has 176 valence electrons. The standard InChI is InChI=1S/C25H28FNO6/c1-14(5-11-21(29)30)4-6-17-12-19-22(15(2)23(17)32-3)24(33-25(19)31)27-18-9-7-16(8-10-18)20(28)13-26/h4,7,9-10,12,16,24,27H,5-6,8,11,13H2,1-3H3,(H,29,30)/b14-4+. The Balaban J connectivity index is 1.81. The first-order chi connectivity index (χ1) is 15.7. The van der Waals surface area contributed by atoms with E-state index in [1.54, 1.807) is 31.4 Å². The number of rotatable bonds is 10. The van der Waals surface area contributed by atoms with Crippen LogP contribution in [-0.4, -0.2) is 36.6 Å². The van der Waals surface area contributed by atoms with E-state index in [9.17, 15) is 18.8 Å². The van der Waals surface area contributed by atoms with Crippen LogP contribution in [0.5, 0.6) is 5.75 Å². The number of fused-ring (bicyclic) bond motifs is 1. The van der Waals surface area contributed by atoms with Crippen LogP contribution < -0.4 is 10.1 Å². The van der Waals surface area contributed by atoms with Crippen molar-refractivity contribution in [2.45, 2.75) is 45.8 Å². The number of ketones is 1. The fourth-order valence-corrected chi connectivity index (χ4v) is 4.06. The largest absolute Gasteiger partial charge is 0.496 e. The van der Waals surface area contributed by atoms with E-state index in [4.69, 9.17) is 14.6 Å². The maximum absolute atomic E-state index is 12.6. The van der Waals surface area contributed by atoms with E-state index < -0.39 is 36.5 Å². The van der Waals surface area contributed by atoms with Crippen molar-refractivity contribution >= 4 is 17.7 Å². The number of nitrogens with one attached hydrogen (secondary N) is 1. The molecule has 0 aromatic heterocycles. The summed E-state index contributed by atoms with van der Waals surface area (Å²) in [5, 5.41) is 12.0. The number of allylic oxidation sites excluding steroid dienone is 5. The van der Waals surface area contributed by atoms with Crippen LogP contribution in [0.15, 0.2) is 41.6 Å². The number of halogens is 1. The molecule has 2 N–H and O–H groups in total. The lowest BCUT2D eigenvalue weighted by Gasteiger charge is -2.21. The monoisotopic (exact) mass is 457 g/mol. The highest BCUT2D eigenvalue weighted by atomic mass is 19.1. The van der Waals surface area contributed by atoms with Gasteiger partial charge in [-0.2, -0.15) is 0 Å². The first-order valence-electron chi connectivity index (χ1n) is 10.8. The molecule has 1 aromatic carbocycles. The predicted molar refractivity (Wildman–Crippen MR) is 120 cm³/mol. The Labute approximate surface area is 192 Å². The second-order valence-electron chi connectivity index (χ2n) is 8.19. The van der Waals surface area contributed by atoms with Crippen LogP contribution in [0.1, 0.15) is 59.5 Å². The van der Waals surface area contributed by atoms with Gasteiger partial charge in [0, 0.05) is 29.2 Å². The number of carbonyl (C=O) groups excluding carboxylic acids is 2. The minimum atomic E-state index is -0.991. The van der Waals surface area contributed by atoms with Gasteiger partial charge < -0.3 is 19.9 Å². The molecule has 0 bridgehead atoms. The van der Waals surface area contributed by atoms with Crippen molar-refractivity contribution in [3.05, 3.63) is 63.9 Å². The van der Waals surface area contributed by atoms with Gasteiger partial charge >= 0.3 is 11.9 Å². The van der Waals surface area contributed by atoms with Crippen LogP contribution in [0.3, 0.4) is 0 Å². The Kier molecular flexibility index (Phi) is 7.68. The topological polar surface area (TPSA) is 102 Å². The number of hydrogen-bond acceptors (Lipinski definition) is 6. The lowest BCUT2D eigenvalue weighted by atomic mass is 9.94. The van der Waals surface area contributed by atoms with E-state index >= 15 is 0 Å². The molecule has 2 atom stereocenters. The van der Waals surface area contributed by atoms with Crippen molar-refractivity contribution in [1.29, 1.82) is 0 Å². The number of aliphatic carboxylic acids is 1. The van der Waals surface area contributed by atoms with Crippen LogP contribution in [0.25, 0.3) is 0 Å². The van der Waals surface area contributed by atoms with E-state index in [0.717, 1.165) is 16.7 Å². The molecule has 3 rings (SSSR count). The smallest absolute Gasteiger partial charge is 0.340 e. The maximum atomic E-state index is 12.6. The normalized spacial score (nSPS) is 19.6. The Morgan fingerprint density at radius 1 is 1.36 bits per heavy atom. The van der Waals surface area contributed by atoms with E-state index in [2.05, 4.69) is 5.32 Å². The van der Waals surface area contributed by atoms with Crippen molar-refractivity contribution in [3.63, 3.8) is 0 Å². The molecule has 0 radical (unpaired) electrons. The van der Waals surface area contributed by atoms with E-state index in [-0.39, 0.29) is 6.42 Å². The van der Waals surface area contributed by atoms with Gasteiger partial charge in [-0.05, 0) is 50.8 Å². The Morgan fingerprint density at radius 3 is 2.73 bits per heavy atom. The third kappa shape index (κ3) is 5.50. The lowest BCUT2D eigenvalue weighted by molar-refractivity contribution is -0.137. The molecule has 0 spiro atoms. The van der Waals surface area contributed by atoms with Gasteiger partial charge in [0.15, 0.2) is 5.78 Å². The minimum Gasteiger partial charge on any atom is -0.496 e. The zero-order chi connectivity index (χ0) is 24.1. The molecule has 7 nitrogen and oxygen atoms in total. The lowest BCUT2D eigenvalue weighted by Crippen LogP contribution is -2.23. The second-order valence-corrected chi connectivity index (χ2v) is 8.19. The summed E-state index contributed by atoms with van der Waals surface area (Å²) >= 11 is 0. The Bertz CT molecular complexity index is 1060. The molecule has 1 aliphatic carbocycles. The first kappa shape index (κ1) is 24.2. The van der Waals surface area contributed by atoms with Gasteiger partial charge in [-0.1, -0.05) is 23.8 Å². The number of alkyl halides is 1. The number of Topliss-reactive ketones (excluding diaryl/α,β-unsaturated/α-hetero) is 1. The summed E-state index contributed by atoms with van der Waals surface area (Å²) in [6, 6.07) is 1.76. The molecule has 1 aliphatic heterocycles. The number of carbonyl (C=O) groups is 3. The highest BCUT2D eigenvalue weighted by Gasteiger charge is 2.35. The van der Waals surface area contributed by atoms with Crippen LogP contribution in [-0.2, 0) is 20.7 Å². The van der Waals surface area contributed by atoms with Gasteiger partial charge in [-0.15, -0.1) is 0 Å². The van der Waals surface area contributed by atoms with E-state index in [1.807, 2.05) is 19.9 Å². The van der Waals surface area contributed by atoms with Gasteiger partial charge in [0.05, 0.1) is 12.7 Å². The molecule has 8 heteroatoms. The van der Waals surface area contributed by atoms with Gasteiger partial charge in [0.2, 0.25) is 6.23 Å². The summed E-state index contributed by atoms with van der Waals surface area (Å²) in [4.78, 5) is 34.9. The number of methoxy groups -OCH3 is 1. The predicted octanol–water partition coefficient (Wildman–Crippen LogP) is 4.11. The average Bonchev–Trinajstić information content (AvgIpc) is 3.11. The molecule has 33 heavy (non-hydrogen) atoms. The first-order valence-corrected chi connectivity index (χ1v) is 10.8. The molecule has 0 saturated heterocycles. The summed E-state index contributed by atoms with van der Waals surface area (Å²) in [7, 11) is 1.56. The molecule has 2 aliphatic rings. The zero-order valence-electron chi connectivity index (χ0n) is 18.9. The number of esters is 1. The molecule has 2 unspecified atom stereocenters. The van der Waals surface area contributed by atoms with Crippen LogP contribution in [0.4, 0.5) is 4.39 Å². The quantitative estimate of drug-likeness (QED) is 0.403. The summed E-state index contributed by atoms with van der Waals surface area (Å²) in [6.45, 7) is 2.75. The summed E-state index contributed by atoms with van der Waals surface area (Å²) in [5.74, 6) is -1.59. The van der Waals surface area contributed by atoms with Gasteiger partial charge in [-0.3, -0.25) is 9.59 Å². The number of ether oxygens (including phenoxy) is 2. The molecular weight excluding hydrogens is 429 g/mol. The molecular formula is C25H28FNO6. The highest BCUT2D eigenvalue weighted by molar-refractivity contribution is 5.95. The summed E-state index contributed by atoms with van der Waals surface area (Å²) in [6.07, 6.45) is 7.75. The zero-order valence-corrected chi connectivity index (χ0v) is 18.9.